The van der Waals surface area contributed by atoms with Gasteiger partial charge in [-0.3, -0.25) is 10.1 Å². The van der Waals surface area contributed by atoms with E-state index in [-0.39, 0.29) is 11.9 Å². The molecule has 0 fully saturated rings. The smallest absolute Gasteiger partial charge is 0.241 e. The Hall–Kier alpha value is -1.73. The van der Waals surface area contributed by atoms with Crippen molar-refractivity contribution in [3.05, 3.63) is 29.1 Å². The molecule has 6 nitrogen and oxygen atoms in total. The second-order valence-corrected chi connectivity index (χ2v) is 5.27. The number of rotatable bonds is 3. The van der Waals surface area contributed by atoms with Crippen LogP contribution in [-0.4, -0.2) is 33.1 Å². The van der Waals surface area contributed by atoms with E-state index in [0.29, 0.717) is 6.54 Å². The standard InChI is InChI=1S/C11H13N5OS/c1-7-15-16-6-8(14-11(16)18-7)5-13-10(17)9-3-2-4-12-9/h2-3,6,9,12H,4-5H2,1H3,(H,13,17)/t9-/m0/s1. The SMILES string of the molecule is Cc1nn2cc(CNC(=O)[C@@H]3C=CCN3)nc2s1. The molecule has 18 heavy (non-hydrogen) atoms. The zero-order chi connectivity index (χ0) is 12.5. The first-order chi connectivity index (χ1) is 8.72. The summed E-state index contributed by atoms with van der Waals surface area (Å²) in [6.07, 6.45) is 5.66. The minimum Gasteiger partial charge on any atom is -0.349 e. The molecule has 2 aromatic rings. The summed E-state index contributed by atoms with van der Waals surface area (Å²) in [6, 6.07) is -0.214. The number of carbonyl (C=O) groups is 1. The maximum absolute atomic E-state index is 11.8. The highest BCUT2D eigenvalue weighted by molar-refractivity contribution is 7.16. The number of aryl methyl sites for hydroxylation is 1. The van der Waals surface area contributed by atoms with Crippen LogP contribution >= 0.6 is 11.3 Å². The van der Waals surface area contributed by atoms with Crippen LogP contribution in [0.4, 0.5) is 0 Å². The van der Waals surface area contributed by atoms with Crippen LogP contribution in [0, 0.1) is 6.92 Å². The first kappa shape index (κ1) is 11.4. The van der Waals surface area contributed by atoms with Gasteiger partial charge in [0.05, 0.1) is 18.4 Å². The fraction of sp³-hybridized carbons (Fsp3) is 0.364. The monoisotopic (exact) mass is 263 g/mol. The number of nitrogens with one attached hydrogen (secondary N) is 2. The Bertz CT molecular complexity index is 583. The molecule has 0 bridgehead atoms. The predicted octanol–water partition coefficient (Wildman–Crippen LogP) is 0.243. The summed E-state index contributed by atoms with van der Waals surface area (Å²) in [4.78, 5) is 17.0. The van der Waals surface area contributed by atoms with Crippen molar-refractivity contribution in [1.82, 2.24) is 25.2 Å². The first-order valence-corrected chi connectivity index (χ1v) is 6.53. The van der Waals surface area contributed by atoms with Gasteiger partial charge >= 0.3 is 0 Å². The van der Waals surface area contributed by atoms with Gasteiger partial charge in [0.25, 0.3) is 0 Å². The van der Waals surface area contributed by atoms with Gasteiger partial charge in [-0.25, -0.2) is 9.50 Å². The zero-order valence-electron chi connectivity index (χ0n) is 9.88. The van der Waals surface area contributed by atoms with Crippen LogP contribution in [0.3, 0.4) is 0 Å². The van der Waals surface area contributed by atoms with E-state index in [2.05, 4.69) is 20.7 Å². The van der Waals surface area contributed by atoms with Gasteiger partial charge in [0, 0.05) is 6.54 Å². The summed E-state index contributed by atoms with van der Waals surface area (Å²) in [6.45, 7) is 3.13. The highest BCUT2D eigenvalue weighted by Crippen LogP contribution is 2.13. The number of fused-ring (bicyclic) bond motifs is 1. The van der Waals surface area contributed by atoms with Gasteiger partial charge in [-0.2, -0.15) is 5.10 Å². The van der Waals surface area contributed by atoms with E-state index in [1.54, 1.807) is 4.52 Å². The lowest BCUT2D eigenvalue weighted by molar-refractivity contribution is -0.122. The minimum atomic E-state index is -0.214. The Morgan fingerprint density at radius 3 is 3.33 bits per heavy atom. The topological polar surface area (TPSA) is 71.3 Å². The molecule has 2 N–H and O–H groups in total. The first-order valence-electron chi connectivity index (χ1n) is 5.72. The molecule has 0 unspecified atom stereocenters. The number of carbonyl (C=O) groups excluding carboxylic acids is 1. The number of imidazole rings is 1. The predicted molar refractivity (Wildman–Crippen MR) is 68.4 cm³/mol. The second-order valence-electron chi connectivity index (χ2n) is 4.11. The van der Waals surface area contributed by atoms with Crippen LogP contribution in [-0.2, 0) is 11.3 Å². The van der Waals surface area contributed by atoms with Crippen molar-refractivity contribution in [2.24, 2.45) is 0 Å². The van der Waals surface area contributed by atoms with Crippen LogP contribution in [0.5, 0.6) is 0 Å². The summed E-state index contributed by atoms with van der Waals surface area (Å²) >= 11 is 1.54. The van der Waals surface area contributed by atoms with Gasteiger partial charge in [-0.05, 0) is 6.92 Å². The van der Waals surface area contributed by atoms with Gasteiger partial charge < -0.3 is 5.32 Å². The van der Waals surface area contributed by atoms with Crippen molar-refractivity contribution < 1.29 is 4.79 Å². The van der Waals surface area contributed by atoms with E-state index < -0.39 is 0 Å². The largest absolute Gasteiger partial charge is 0.349 e. The molecule has 3 rings (SSSR count). The second kappa shape index (κ2) is 4.51. The summed E-state index contributed by atoms with van der Waals surface area (Å²) in [7, 11) is 0. The van der Waals surface area contributed by atoms with Gasteiger partial charge in [0.15, 0.2) is 0 Å². The lowest BCUT2D eigenvalue weighted by Gasteiger charge is -2.08. The van der Waals surface area contributed by atoms with Crippen molar-refractivity contribution in [3.63, 3.8) is 0 Å². The molecule has 0 spiro atoms. The highest BCUT2D eigenvalue weighted by atomic mass is 32.1. The molecule has 1 atom stereocenters. The average molecular weight is 263 g/mol. The van der Waals surface area contributed by atoms with Crippen molar-refractivity contribution in [3.8, 4) is 0 Å². The average Bonchev–Trinajstić information content (AvgIpc) is 3.00. The number of aromatic nitrogens is 3. The molecule has 7 heteroatoms. The molecule has 0 radical (unpaired) electrons. The molecule has 1 amide bonds. The zero-order valence-corrected chi connectivity index (χ0v) is 10.7. The minimum absolute atomic E-state index is 0.0238. The molecule has 1 aliphatic heterocycles. The maximum atomic E-state index is 11.8. The Morgan fingerprint density at radius 2 is 2.61 bits per heavy atom. The van der Waals surface area contributed by atoms with Gasteiger partial charge in [0.2, 0.25) is 10.9 Å². The maximum Gasteiger partial charge on any atom is 0.241 e. The van der Waals surface area contributed by atoms with Crippen LogP contribution < -0.4 is 10.6 Å². The van der Waals surface area contributed by atoms with E-state index in [1.165, 1.54) is 11.3 Å². The normalized spacial score (nSPS) is 18.6. The third kappa shape index (κ3) is 2.14. The summed E-state index contributed by atoms with van der Waals surface area (Å²) < 4.78 is 1.75. The highest BCUT2D eigenvalue weighted by Gasteiger charge is 2.17. The molecule has 2 aromatic heterocycles. The molecule has 0 aliphatic carbocycles. The Labute approximate surface area is 108 Å². The van der Waals surface area contributed by atoms with Crippen LogP contribution in [0.1, 0.15) is 10.7 Å². The molecule has 0 aromatic carbocycles. The molecular weight excluding hydrogens is 250 g/mol. The van der Waals surface area contributed by atoms with E-state index in [0.717, 1.165) is 22.2 Å². The summed E-state index contributed by atoms with van der Waals surface area (Å²) in [5.41, 5.74) is 0.823. The van der Waals surface area contributed by atoms with Crippen LogP contribution in [0.2, 0.25) is 0 Å². The van der Waals surface area contributed by atoms with Crippen LogP contribution in [0.15, 0.2) is 18.3 Å². The van der Waals surface area contributed by atoms with Crippen LogP contribution in [0.25, 0.3) is 4.96 Å². The number of nitrogens with zero attached hydrogens (tertiary/aromatic N) is 3. The molecular formula is C11H13N5OS. The number of hydrogen-bond donors (Lipinski definition) is 2. The Balaban J connectivity index is 1.63. The Morgan fingerprint density at radius 1 is 1.72 bits per heavy atom. The fourth-order valence-electron chi connectivity index (χ4n) is 1.86. The van der Waals surface area contributed by atoms with E-state index >= 15 is 0 Å². The van der Waals surface area contributed by atoms with Crippen molar-refractivity contribution in [1.29, 1.82) is 0 Å². The summed E-state index contributed by atoms with van der Waals surface area (Å²) in [5.74, 6) is -0.0238. The van der Waals surface area contributed by atoms with Gasteiger partial charge in [0.1, 0.15) is 11.0 Å². The lowest BCUT2D eigenvalue weighted by atomic mass is 10.3. The molecule has 0 saturated carbocycles. The van der Waals surface area contributed by atoms with Crippen molar-refractivity contribution in [2.75, 3.05) is 6.54 Å². The van der Waals surface area contributed by atoms with E-state index in [1.807, 2.05) is 25.3 Å². The van der Waals surface area contributed by atoms with E-state index in [9.17, 15) is 4.79 Å². The Kier molecular flexibility index (Phi) is 2.85. The number of amides is 1. The third-order valence-electron chi connectivity index (χ3n) is 2.70. The molecule has 0 saturated heterocycles. The third-order valence-corrected chi connectivity index (χ3v) is 3.54. The summed E-state index contributed by atoms with van der Waals surface area (Å²) in [5, 5.41) is 11.2. The van der Waals surface area contributed by atoms with Gasteiger partial charge in [-0.1, -0.05) is 23.5 Å². The molecule has 3 heterocycles. The lowest BCUT2D eigenvalue weighted by Crippen LogP contribution is -2.40. The molecule has 1 aliphatic rings. The van der Waals surface area contributed by atoms with Crippen molar-refractivity contribution >= 4 is 22.2 Å². The molecule has 94 valence electrons. The fourth-order valence-corrected chi connectivity index (χ4v) is 2.61. The van der Waals surface area contributed by atoms with Crippen molar-refractivity contribution in [2.45, 2.75) is 19.5 Å². The number of hydrogen-bond acceptors (Lipinski definition) is 5. The van der Waals surface area contributed by atoms with E-state index in [4.69, 9.17) is 0 Å². The van der Waals surface area contributed by atoms with Gasteiger partial charge in [-0.15, -0.1) is 0 Å². The quantitative estimate of drug-likeness (QED) is 0.778.